The Balaban J connectivity index is 4.34. The van der Waals surface area contributed by atoms with Gasteiger partial charge in [-0.15, -0.1) is 0 Å². The highest BCUT2D eigenvalue weighted by molar-refractivity contribution is 5.71. The molecule has 0 fully saturated rings. The van der Waals surface area contributed by atoms with E-state index in [1.54, 1.807) is 0 Å². The van der Waals surface area contributed by atoms with Crippen molar-refractivity contribution in [3.63, 3.8) is 0 Å². The molecule has 0 rings (SSSR count). The number of hydrogen-bond acceptors (Lipinski definition) is 6. The Morgan fingerprint density at radius 1 is 0.382 bits per heavy atom. The van der Waals surface area contributed by atoms with Crippen LogP contribution in [0.15, 0.2) is 0 Å². The zero-order valence-electron chi connectivity index (χ0n) is 37.6. The Labute approximate surface area is 342 Å². The van der Waals surface area contributed by atoms with Crippen LogP contribution >= 0.6 is 0 Å². The van der Waals surface area contributed by atoms with Gasteiger partial charge in [0.1, 0.15) is 13.2 Å². The van der Waals surface area contributed by atoms with Crippen molar-refractivity contribution in [2.24, 2.45) is 11.8 Å². The van der Waals surface area contributed by atoms with Crippen LogP contribution in [0.5, 0.6) is 0 Å². The van der Waals surface area contributed by atoms with Gasteiger partial charge >= 0.3 is 17.9 Å². The largest absolute Gasteiger partial charge is 0.462 e. The van der Waals surface area contributed by atoms with E-state index in [1.165, 1.54) is 154 Å². The molecular formula is C49H94O6. The summed E-state index contributed by atoms with van der Waals surface area (Å²) in [5, 5.41) is 0. The van der Waals surface area contributed by atoms with Crippen molar-refractivity contribution >= 4 is 17.9 Å². The third-order valence-electron chi connectivity index (χ3n) is 11.3. The molecule has 0 aliphatic heterocycles. The maximum absolute atomic E-state index is 12.7. The Morgan fingerprint density at radius 2 is 0.691 bits per heavy atom. The Kier molecular flexibility index (Phi) is 40.8. The molecule has 6 heteroatoms. The molecule has 0 amide bonds. The van der Waals surface area contributed by atoms with Gasteiger partial charge in [-0.05, 0) is 31.1 Å². The highest BCUT2D eigenvalue weighted by atomic mass is 16.6. The molecule has 1 unspecified atom stereocenters. The SMILES string of the molecule is CCCCCCCCCCCCCCC(=O)OC[C@@H](COC(=O)CCCCCCCCCCCCC(C)C)OC(=O)CCCCCCCCCCC(C)CC. The molecule has 0 heterocycles. The Morgan fingerprint density at radius 3 is 1.04 bits per heavy atom. The summed E-state index contributed by atoms with van der Waals surface area (Å²) < 4.78 is 16.8. The number of ether oxygens (including phenoxy) is 3. The van der Waals surface area contributed by atoms with E-state index in [-0.39, 0.29) is 31.1 Å². The predicted molar refractivity (Wildman–Crippen MR) is 233 cm³/mol. The van der Waals surface area contributed by atoms with E-state index in [0.717, 1.165) is 69.6 Å². The highest BCUT2D eigenvalue weighted by Gasteiger charge is 2.19. The lowest BCUT2D eigenvalue weighted by molar-refractivity contribution is -0.167. The zero-order chi connectivity index (χ0) is 40.5. The minimum atomic E-state index is -0.761. The van der Waals surface area contributed by atoms with Gasteiger partial charge in [0.2, 0.25) is 0 Å². The van der Waals surface area contributed by atoms with Crippen molar-refractivity contribution in [2.75, 3.05) is 13.2 Å². The van der Waals surface area contributed by atoms with Crippen LogP contribution in [0, 0.1) is 11.8 Å². The summed E-state index contributed by atoms with van der Waals surface area (Å²) in [6.45, 7) is 11.3. The number of esters is 3. The van der Waals surface area contributed by atoms with Crippen molar-refractivity contribution in [1.29, 1.82) is 0 Å². The van der Waals surface area contributed by atoms with Crippen LogP contribution in [0.25, 0.3) is 0 Å². The van der Waals surface area contributed by atoms with Crippen LogP contribution in [-0.2, 0) is 28.6 Å². The van der Waals surface area contributed by atoms with Crippen LogP contribution < -0.4 is 0 Å². The zero-order valence-corrected chi connectivity index (χ0v) is 37.6. The van der Waals surface area contributed by atoms with Crippen molar-refractivity contribution in [3.05, 3.63) is 0 Å². The molecule has 0 aromatic carbocycles. The molecule has 0 aliphatic rings. The lowest BCUT2D eigenvalue weighted by Gasteiger charge is -2.18. The Hall–Kier alpha value is -1.59. The first-order valence-electron chi connectivity index (χ1n) is 24.3. The van der Waals surface area contributed by atoms with Crippen LogP contribution in [0.2, 0.25) is 0 Å². The quantitative estimate of drug-likeness (QED) is 0.0348. The predicted octanol–water partition coefficient (Wildman–Crippen LogP) is 15.4. The van der Waals surface area contributed by atoms with Crippen molar-refractivity contribution in [2.45, 2.75) is 272 Å². The van der Waals surface area contributed by atoms with Gasteiger partial charge in [-0.1, -0.05) is 227 Å². The number of carbonyl (C=O) groups excluding carboxylic acids is 3. The van der Waals surface area contributed by atoms with Crippen LogP contribution in [-0.4, -0.2) is 37.2 Å². The molecule has 0 aromatic heterocycles. The van der Waals surface area contributed by atoms with Crippen LogP contribution in [0.1, 0.15) is 266 Å². The van der Waals surface area contributed by atoms with Crippen molar-refractivity contribution < 1.29 is 28.6 Å². The van der Waals surface area contributed by atoms with E-state index < -0.39 is 6.10 Å². The standard InChI is InChI=1S/C49H94O6/c1-6-8-9-10-11-12-13-14-18-24-29-34-39-47(50)53-42-46(55-49(52)41-36-31-26-21-20-23-28-33-38-45(5)7-2)43-54-48(51)40-35-30-25-19-16-15-17-22-27-32-37-44(3)4/h44-46H,6-43H2,1-5H3/t45?,46-/m0/s1. The summed E-state index contributed by atoms with van der Waals surface area (Å²) in [6, 6.07) is 0. The van der Waals surface area contributed by atoms with Crippen LogP contribution in [0.4, 0.5) is 0 Å². The summed E-state index contributed by atoms with van der Waals surface area (Å²) in [5.41, 5.74) is 0. The molecule has 0 radical (unpaired) electrons. The summed E-state index contributed by atoms with van der Waals surface area (Å²) in [5.74, 6) is 0.809. The summed E-state index contributed by atoms with van der Waals surface area (Å²) in [6.07, 6.45) is 40.8. The fraction of sp³-hybridized carbons (Fsp3) is 0.939. The molecule has 326 valence electrons. The molecule has 0 aliphatic carbocycles. The fourth-order valence-electron chi connectivity index (χ4n) is 7.25. The highest BCUT2D eigenvalue weighted by Crippen LogP contribution is 2.17. The first-order valence-corrected chi connectivity index (χ1v) is 24.3. The van der Waals surface area contributed by atoms with Gasteiger partial charge < -0.3 is 14.2 Å². The monoisotopic (exact) mass is 779 g/mol. The first-order chi connectivity index (χ1) is 26.8. The lowest BCUT2D eigenvalue weighted by atomic mass is 9.99. The van der Waals surface area contributed by atoms with E-state index in [4.69, 9.17) is 14.2 Å². The normalized spacial score (nSPS) is 12.5. The molecule has 0 N–H and O–H groups in total. The topological polar surface area (TPSA) is 78.9 Å². The summed E-state index contributed by atoms with van der Waals surface area (Å²) in [7, 11) is 0. The third-order valence-corrected chi connectivity index (χ3v) is 11.3. The van der Waals surface area contributed by atoms with E-state index in [2.05, 4.69) is 34.6 Å². The average molecular weight is 779 g/mol. The third kappa shape index (κ3) is 41.9. The molecule has 0 aromatic rings. The molecule has 0 bridgehead atoms. The molecule has 55 heavy (non-hydrogen) atoms. The molecule has 0 saturated heterocycles. The fourth-order valence-corrected chi connectivity index (χ4v) is 7.25. The second kappa shape index (κ2) is 42.0. The number of carbonyl (C=O) groups is 3. The number of rotatable bonds is 43. The smallest absolute Gasteiger partial charge is 0.306 e. The van der Waals surface area contributed by atoms with Gasteiger partial charge in [-0.2, -0.15) is 0 Å². The first kappa shape index (κ1) is 53.4. The van der Waals surface area contributed by atoms with E-state index in [9.17, 15) is 14.4 Å². The second-order valence-electron chi connectivity index (χ2n) is 17.5. The van der Waals surface area contributed by atoms with Crippen molar-refractivity contribution in [3.8, 4) is 0 Å². The second-order valence-corrected chi connectivity index (χ2v) is 17.5. The molecule has 0 spiro atoms. The maximum atomic E-state index is 12.7. The van der Waals surface area contributed by atoms with E-state index in [0.29, 0.717) is 19.3 Å². The van der Waals surface area contributed by atoms with E-state index in [1.807, 2.05) is 0 Å². The van der Waals surface area contributed by atoms with E-state index >= 15 is 0 Å². The van der Waals surface area contributed by atoms with Gasteiger partial charge in [-0.25, -0.2) is 0 Å². The van der Waals surface area contributed by atoms with Crippen LogP contribution in [0.3, 0.4) is 0 Å². The lowest BCUT2D eigenvalue weighted by Crippen LogP contribution is -2.30. The average Bonchev–Trinajstić information content (AvgIpc) is 3.17. The molecule has 0 saturated carbocycles. The summed E-state index contributed by atoms with van der Waals surface area (Å²) >= 11 is 0. The summed E-state index contributed by atoms with van der Waals surface area (Å²) in [4.78, 5) is 37.8. The number of hydrogen-bond donors (Lipinski definition) is 0. The maximum Gasteiger partial charge on any atom is 0.306 e. The minimum absolute atomic E-state index is 0.0646. The van der Waals surface area contributed by atoms with Gasteiger partial charge in [0, 0.05) is 19.3 Å². The van der Waals surface area contributed by atoms with Gasteiger partial charge in [0.15, 0.2) is 6.10 Å². The number of unbranched alkanes of at least 4 members (excludes halogenated alkanes) is 27. The molecule has 2 atom stereocenters. The molecule has 6 nitrogen and oxygen atoms in total. The minimum Gasteiger partial charge on any atom is -0.462 e. The van der Waals surface area contributed by atoms with Gasteiger partial charge in [-0.3, -0.25) is 14.4 Å². The van der Waals surface area contributed by atoms with Gasteiger partial charge in [0.25, 0.3) is 0 Å². The van der Waals surface area contributed by atoms with Gasteiger partial charge in [0.05, 0.1) is 0 Å². The Bertz CT molecular complexity index is 841. The molecular weight excluding hydrogens is 685 g/mol. The van der Waals surface area contributed by atoms with Crippen molar-refractivity contribution in [1.82, 2.24) is 0 Å².